The van der Waals surface area contributed by atoms with Gasteiger partial charge in [0.2, 0.25) is 0 Å². The maximum Gasteiger partial charge on any atom is 0.195 e. The Morgan fingerprint density at radius 3 is 2.57 bits per heavy atom. The van der Waals surface area contributed by atoms with Crippen LogP contribution in [-0.4, -0.2) is 10.8 Å². The van der Waals surface area contributed by atoms with Crippen molar-refractivity contribution < 1.29 is 9.18 Å². The first-order valence-corrected chi connectivity index (χ1v) is 6.89. The van der Waals surface area contributed by atoms with Crippen LogP contribution in [0.15, 0.2) is 48.7 Å². The number of carbonyl (C=O) groups excluding carboxylic acids is 1. The molecule has 0 unspecified atom stereocenters. The van der Waals surface area contributed by atoms with Crippen molar-refractivity contribution in [3.8, 4) is 0 Å². The topological polar surface area (TPSA) is 32.9 Å². The minimum absolute atomic E-state index is 0.164. The average molecular weight is 297 g/mol. The smallest absolute Gasteiger partial charge is 0.195 e. The molecule has 0 spiro atoms. The predicted molar refractivity (Wildman–Crippen MR) is 83.7 cm³/mol. The van der Waals surface area contributed by atoms with Gasteiger partial charge in [-0.25, -0.2) is 4.39 Å². The summed E-state index contributed by atoms with van der Waals surface area (Å²) in [5.74, 6) is -0.538. The maximum absolute atomic E-state index is 13.4. The van der Waals surface area contributed by atoms with Crippen LogP contribution in [0.5, 0.6) is 0 Å². The Hall–Kier alpha value is -2.33. The number of hydrogen-bond donors (Lipinski definition) is 1. The first-order chi connectivity index (χ1) is 10.1. The van der Waals surface area contributed by atoms with Crippen molar-refractivity contribution in [3.05, 3.63) is 75.7 Å². The number of fused-ring (bicyclic) bond motifs is 1. The first-order valence-electron chi connectivity index (χ1n) is 6.48. The SMILES string of the molecule is Cc1ccc(C(=O)c2c[nH]c3ccc(F)cc3c2=S)cc1. The largest absolute Gasteiger partial charge is 0.360 e. The van der Waals surface area contributed by atoms with Gasteiger partial charge in [0, 0.05) is 22.7 Å². The number of rotatable bonds is 2. The highest BCUT2D eigenvalue weighted by Crippen LogP contribution is 2.20. The Bertz CT molecular complexity index is 897. The number of nitrogens with one attached hydrogen (secondary N) is 1. The molecule has 0 radical (unpaired) electrons. The van der Waals surface area contributed by atoms with E-state index in [4.69, 9.17) is 12.2 Å². The van der Waals surface area contributed by atoms with E-state index in [9.17, 15) is 9.18 Å². The summed E-state index contributed by atoms with van der Waals surface area (Å²) < 4.78 is 13.7. The summed E-state index contributed by atoms with van der Waals surface area (Å²) in [7, 11) is 0. The molecule has 4 heteroatoms. The van der Waals surface area contributed by atoms with E-state index >= 15 is 0 Å². The minimum Gasteiger partial charge on any atom is -0.360 e. The van der Waals surface area contributed by atoms with Crippen molar-refractivity contribution in [2.24, 2.45) is 0 Å². The van der Waals surface area contributed by atoms with E-state index in [1.165, 1.54) is 12.1 Å². The third-order valence-electron chi connectivity index (χ3n) is 3.40. The van der Waals surface area contributed by atoms with E-state index in [0.29, 0.717) is 26.5 Å². The van der Waals surface area contributed by atoms with E-state index in [0.717, 1.165) is 5.56 Å². The van der Waals surface area contributed by atoms with Crippen molar-refractivity contribution in [1.29, 1.82) is 0 Å². The number of benzene rings is 2. The van der Waals surface area contributed by atoms with Crippen LogP contribution in [0.4, 0.5) is 4.39 Å². The zero-order valence-corrected chi connectivity index (χ0v) is 12.1. The molecule has 0 saturated carbocycles. The fraction of sp³-hybridized carbons (Fsp3) is 0.0588. The number of aromatic nitrogens is 1. The van der Waals surface area contributed by atoms with Gasteiger partial charge in [0.25, 0.3) is 0 Å². The Morgan fingerprint density at radius 1 is 1.14 bits per heavy atom. The molecule has 0 bridgehead atoms. The van der Waals surface area contributed by atoms with Crippen LogP contribution < -0.4 is 0 Å². The molecule has 1 aromatic heterocycles. The summed E-state index contributed by atoms with van der Waals surface area (Å²) in [4.78, 5) is 15.5. The zero-order chi connectivity index (χ0) is 15.0. The van der Waals surface area contributed by atoms with E-state index in [1.54, 1.807) is 24.4 Å². The molecule has 21 heavy (non-hydrogen) atoms. The molecule has 1 N–H and O–H groups in total. The van der Waals surface area contributed by atoms with Crippen molar-refractivity contribution in [3.63, 3.8) is 0 Å². The predicted octanol–water partition coefficient (Wildman–Crippen LogP) is 4.58. The average Bonchev–Trinajstić information content (AvgIpc) is 2.48. The number of aromatic amines is 1. The second-order valence-corrected chi connectivity index (χ2v) is 5.32. The van der Waals surface area contributed by atoms with Crippen LogP contribution in [-0.2, 0) is 0 Å². The van der Waals surface area contributed by atoms with Crippen LogP contribution >= 0.6 is 12.2 Å². The van der Waals surface area contributed by atoms with Crippen LogP contribution in [0.1, 0.15) is 21.5 Å². The molecule has 0 aliphatic heterocycles. The number of H-pyrrole nitrogens is 1. The molecular formula is C17H12FNOS. The number of hydrogen-bond acceptors (Lipinski definition) is 2. The van der Waals surface area contributed by atoms with Gasteiger partial charge in [-0.15, -0.1) is 0 Å². The second-order valence-electron chi connectivity index (χ2n) is 4.92. The van der Waals surface area contributed by atoms with Gasteiger partial charge in [0.1, 0.15) is 5.82 Å². The molecule has 2 nitrogen and oxygen atoms in total. The second kappa shape index (κ2) is 5.22. The van der Waals surface area contributed by atoms with Gasteiger partial charge in [-0.3, -0.25) is 4.79 Å². The molecule has 0 aliphatic carbocycles. The standard InChI is InChI=1S/C17H12FNOS/c1-10-2-4-11(5-3-10)16(20)14-9-19-15-7-6-12(18)8-13(15)17(14)21/h2-9H,1H3,(H,19,21). The Kier molecular flexibility index (Phi) is 3.39. The Balaban J connectivity index is 2.16. The van der Waals surface area contributed by atoms with E-state index in [-0.39, 0.29) is 11.6 Å². The number of ketones is 1. The summed E-state index contributed by atoms with van der Waals surface area (Å²) in [6.45, 7) is 1.96. The highest BCUT2D eigenvalue weighted by Gasteiger charge is 2.13. The van der Waals surface area contributed by atoms with Gasteiger partial charge in [-0.1, -0.05) is 42.0 Å². The lowest BCUT2D eigenvalue weighted by Gasteiger charge is -2.05. The van der Waals surface area contributed by atoms with Gasteiger partial charge in [0.15, 0.2) is 5.78 Å². The van der Waals surface area contributed by atoms with Gasteiger partial charge in [-0.05, 0) is 25.1 Å². The molecule has 0 atom stereocenters. The minimum atomic E-state index is -0.373. The van der Waals surface area contributed by atoms with Crippen LogP contribution in [0, 0.1) is 17.3 Å². The van der Waals surface area contributed by atoms with Gasteiger partial charge < -0.3 is 4.98 Å². The summed E-state index contributed by atoms with van der Waals surface area (Å²) >= 11 is 5.35. The lowest BCUT2D eigenvalue weighted by molar-refractivity contribution is 0.103. The quantitative estimate of drug-likeness (QED) is 0.555. The molecular weight excluding hydrogens is 285 g/mol. The zero-order valence-electron chi connectivity index (χ0n) is 11.3. The van der Waals surface area contributed by atoms with Crippen molar-refractivity contribution in [1.82, 2.24) is 4.98 Å². The van der Waals surface area contributed by atoms with Crippen LogP contribution in [0.25, 0.3) is 10.9 Å². The molecule has 0 saturated heterocycles. The Morgan fingerprint density at radius 2 is 1.86 bits per heavy atom. The molecule has 0 amide bonds. The highest BCUT2D eigenvalue weighted by atomic mass is 32.1. The lowest BCUT2D eigenvalue weighted by atomic mass is 10.0. The van der Waals surface area contributed by atoms with Gasteiger partial charge >= 0.3 is 0 Å². The number of pyridine rings is 1. The molecule has 0 aliphatic rings. The fourth-order valence-corrected chi connectivity index (χ4v) is 2.54. The lowest BCUT2D eigenvalue weighted by Crippen LogP contribution is -2.03. The molecule has 2 aromatic carbocycles. The van der Waals surface area contributed by atoms with E-state index in [1.807, 2.05) is 19.1 Å². The highest BCUT2D eigenvalue weighted by molar-refractivity contribution is 7.71. The summed E-state index contributed by atoms with van der Waals surface area (Å²) in [5.41, 5.74) is 2.74. The third kappa shape index (κ3) is 2.50. The summed E-state index contributed by atoms with van der Waals surface area (Å²) in [6, 6.07) is 11.6. The van der Waals surface area contributed by atoms with Crippen molar-refractivity contribution >= 4 is 28.9 Å². The number of aryl methyl sites for hydroxylation is 1. The van der Waals surface area contributed by atoms with E-state index < -0.39 is 0 Å². The summed E-state index contributed by atoms with van der Waals surface area (Å²) in [6.07, 6.45) is 1.59. The molecule has 104 valence electrons. The monoisotopic (exact) mass is 297 g/mol. The fourth-order valence-electron chi connectivity index (χ4n) is 2.22. The number of halogens is 1. The Labute approximate surface area is 126 Å². The molecule has 1 heterocycles. The van der Waals surface area contributed by atoms with E-state index in [2.05, 4.69) is 4.98 Å². The maximum atomic E-state index is 13.4. The van der Waals surface area contributed by atoms with Crippen molar-refractivity contribution in [2.45, 2.75) is 6.92 Å². The molecule has 3 aromatic rings. The van der Waals surface area contributed by atoms with Crippen LogP contribution in [0.3, 0.4) is 0 Å². The van der Waals surface area contributed by atoms with Crippen molar-refractivity contribution in [2.75, 3.05) is 0 Å². The number of carbonyl (C=O) groups is 1. The normalized spacial score (nSPS) is 10.8. The third-order valence-corrected chi connectivity index (χ3v) is 3.84. The molecule has 0 fully saturated rings. The van der Waals surface area contributed by atoms with Gasteiger partial charge in [0.05, 0.1) is 10.1 Å². The molecule has 3 rings (SSSR count). The van der Waals surface area contributed by atoms with Gasteiger partial charge in [-0.2, -0.15) is 0 Å². The first kappa shape index (κ1) is 13.6. The summed E-state index contributed by atoms with van der Waals surface area (Å²) in [5, 5.41) is 0.544. The van der Waals surface area contributed by atoms with Crippen LogP contribution in [0.2, 0.25) is 0 Å².